The molecule has 0 saturated carbocycles. The summed E-state index contributed by atoms with van der Waals surface area (Å²) in [6, 6.07) is 16.7. The number of hydrogen-bond donors (Lipinski definition) is 1. The number of benzene rings is 3. The van der Waals surface area contributed by atoms with Gasteiger partial charge in [-0.05, 0) is 68.1 Å². The zero-order valence-electron chi connectivity index (χ0n) is 20.3. The molecule has 1 aliphatic heterocycles. The van der Waals surface area contributed by atoms with Gasteiger partial charge in [-0.2, -0.15) is 0 Å². The molecular weight excluding hydrogens is 428 g/mol. The van der Waals surface area contributed by atoms with Crippen LogP contribution in [-0.2, 0) is 9.59 Å². The van der Waals surface area contributed by atoms with Crippen LogP contribution in [0, 0.1) is 27.7 Å². The van der Waals surface area contributed by atoms with Crippen molar-refractivity contribution in [3.63, 3.8) is 0 Å². The third-order valence-electron chi connectivity index (χ3n) is 6.13. The van der Waals surface area contributed by atoms with Gasteiger partial charge in [0.05, 0.1) is 25.5 Å². The second-order valence-electron chi connectivity index (χ2n) is 8.48. The Morgan fingerprint density at radius 3 is 2.09 bits per heavy atom. The van der Waals surface area contributed by atoms with Crippen LogP contribution in [0.5, 0.6) is 11.5 Å². The van der Waals surface area contributed by atoms with Crippen molar-refractivity contribution >= 4 is 28.8 Å². The number of carbonyl (C=O) groups is 2. The molecule has 0 unspecified atom stereocenters. The molecule has 1 N–H and O–H groups in total. The maximum absolute atomic E-state index is 13.7. The monoisotopic (exact) mass is 456 g/mol. The van der Waals surface area contributed by atoms with Crippen molar-refractivity contribution in [2.24, 2.45) is 0 Å². The van der Waals surface area contributed by atoms with E-state index in [2.05, 4.69) is 5.32 Å². The molecule has 34 heavy (non-hydrogen) atoms. The molecule has 4 rings (SSSR count). The van der Waals surface area contributed by atoms with Crippen molar-refractivity contribution in [2.75, 3.05) is 24.4 Å². The lowest BCUT2D eigenvalue weighted by Crippen LogP contribution is -2.33. The maximum Gasteiger partial charge on any atom is 0.282 e. The van der Waals surface area contributed by atoms with Crippen LogP contribution in [0.1, 0.15) is 27.8 Å². The van der Waals surface area contributed by atoms with Gasteiger partial charge >= 0.3 is 0 Å². The smallest absolute Gasteiger partial charge is 0.282 e. The Balaban J connectivity index is 1.85. The van der Waals surface area contributed by atoms with Gasteiger partial charge in [0.2, 0.25) is 0 Å². The standard InChI is InChI=1S/C28H28N2O4/c1-16-7-11-22(19(4)13-16)30-27(31)25(20-9-8-17(2)18(3)14-20)26(28(30)32)29-21-10-12-23(33-5)24(15-21)34-6/h7-15,29H,1-6H3. The van der Waals surface area contributed by atoms with Gasteiger partial charge in [0, 0.05) is 11.8 Å². The Morgan fingerprint density at radius 1 is 0.706 bits per heavy atom. The minimum absolute atomic E-state index is 0.223. The van der Waals surface area contributed by atoms with E-state index in [0.717, 1.165) is 22.3 Å². The second-order valence-corrected chi connectivity index (χ2v) is 8.48. The lowest BCUT2D eigenvalue weighted by molar-refractivity contribution is -0.120. The lowest BCUT2D eigenvalue weighted by Gasteiger charge is -2.18. The molecule has 1 heterocycles. The number of aryl methyl sites for hydroxylation is 4. The Kier molecular flexibility index (Phi) is 6.16. The molecule has 6 nitrogen and oxygen atoms in total. The largest absolute Gasteiger partial charge is 0.493 e. The number of imide groups is 1. The van der Waals surface area contributed by atoms with Crippen LogP contribution in [0.4, 0.5) is 11.4 Å². The van der Waals surface area contributed by atoms with Crippen LogP contribution in [0.15, 0.2) is 60.3 Å². The van der Waals surface area contributed by atoms with E-state index in [1.54, 1.807) is 32.4 Å². The van der Waals surface area contributed by atoms with E-state index >= 15 is 0 Å². The van der Waals surface area contributed by atoms with Gasteiger partial charge in [-0.1, -0.05) is 35.9 Å². The summed E-state index contributed by atoms with van der Waals surface area (Å²) in [4.78, 5) is 28.7. The third kappa shape index (κ3) is 4.03. The molecule has 6 heteroatoms. The minimum atomic E-state index is -0.403. The summed E-state index contributed by atoms with van der Waals surface area (Å²) in [6.07, 6.45) is 0. The number of amides is 2. The van der Waals surface area contributed by atoms with E-state index in [1.165, 1.54) is 4.90 Å². The molecule has 1 aliphatic rings. The van der Waals surface area contributed by atoms with Gasteiger partial charge in [-0.15, -0.1) is 0 Å². The molecule has 2 amide bonds. The zero-order valence-corrected chi connectivity index (χ0v) is 20.3. The van der Waals surface area contributed by atoms with Crippen LogP contribution in [0.2, 0.25) is 0 Å². The van der Waals surface area contributed by atoms with Gasteiger partial charge < -0.3 is 14.8 Å². The molecule has 0 atom stereocenters. The van der Waals surface area contributed by atoms with Gasteiger partial charge in [0.15, 0.2) is 11.5 Å². The van der Waals surface area contributed by atoms with Gasteiger partial charge in [-0.3, -0.25) is 9.59 Å². The van der Waals surface area contributed by atoms with Crippen LogP contribution in [0.3, 0.4) is 0 Å². The number of rotatable bonds is 6. The van der Waals surface area contributed by atoms with E-state index in [0.29, 0.717) is 34.0 Å². The number of carbonyl (C=O) groups excluding carboxylic acids is 2. The fourth-order valence-corrected chi connectivity index (χ4v) is 4.14. The summed E-state index contributed by atoms with van der Waals surface area (Å²) in [5.41, 5.74) is 6.51. The van der Waals surface area contributed by atoms with Crippen molar-refractivity contribution in [3.05, 3.63) is 88.1 Å². The molecule has 0 fully saturated rings. The number of nitrogens with one attached hydrogen (secondary N) is 1. The van der Waals surface area contributed by atoms with Crippen LogP contribution < -0.4 is 19.7 Å². The first kappa shape index (κ1) is 23.1. The van der Waals surface area contributed by atoms with Crippen LogP contribution >= 0.6 is 0 Å². The highest BCUT2D eigenvalue weighted by Crippen LogP contribution is 2.37. The van der Waals surface area contributed by atoms with E-state index in [-0.39, 0.29) is 11.6 Å². The maximum atomic E-state index is 13.7. The first-order chi connectivity index (χ1) is 16.2. The topological polar surface area (TPSA) is 67.9 Å². The molecule has 3 aromatic carbocycles. The van der Waals surface area contributed by atoms with Crippen LogP contribution in [-0.4, -0.2) is 26.0 Å². The molecule has 0 radical (unpaired) electrons. The fourth-order valence-electron chi connectivity index (χ4n) is 4.14. The molecule has 0 saturated heterocycles. The number of methoxy groups -OCH3 is 2. The number of hydrogen-bond acceptors (Lipinski definition) is 5. The summed E-state index contributed by atoms with van der Waals surface area (Å²) >= 11 is 0. The Labute approximate surface area is 199 Å². The Bertz CT molecular complexity index is 1340. The van der Waals surface area contributed by atoms with Gasteiger partial charge in [-0.25, -0.2) is 4.90 Å². The average Bonchev–Trinajstić information content (AvgIpc) is 3.05. The Hall–Kier alpha value is -4.06. The predicted octanol–water partition coefficient (Wildman–Crippen LogP) is 5.33. The van der Waals surface area contributed by atoms with Crippen molar-refractivity contribution in [2.45, 2.75) is 27.7 Å². The van der Waals surface area contributed by atoms with Crippen molar-refractivity contribution in [1.82, 2.24) is 0 Å². The van der Waals surface area contributed by atoms with Crippen molar-refractivity contribution in [1.29, 1.82) is 0 Å². The number of ether oxygens (including phenoxy) is 2. The molecule has 3 aromatic rings. The van der Waals surface area contributed by atoms with E-state index < -0.39 is 5.91 Å². The summed E-state index contributed by atoms with van der Waals surface area (Å²) < 4.78 is 10.7. The number of nitrogens with zero attached hydrogens (tertiary/aromatic N) is 1. The molecular formula is C28H28N2O4. The predicted molar refractivity (Wildman–Crippen MR) is 134 cm³/mol. The first-order valence-corrected chi connectivity index (χ1v) is 11.0. The van der Waals surface area contributed by atoms with E-state index in [1.807, 2.05) is 64.1 Å². The highest BCUT2D eigenvalue weighted by Gasteiger charge is 2.41. The third-order valence-corrected chi connectivity index (χ3v) is 6.13. The lowest BCUT2D eigenvalue weighted by atomic mass is 9.99. The first-order valence-electron chi connectivity index (χ1n) is 11.0. The molecule has 0 bridgehead atoms. The van der Waals surface area contributed by atoms with Crippen molar-refractivity contribution in [3.8, 4) is 11.5 Å². The molecule has 174 valence electrons. The minimum Gasteiger partial charge on any atom is -0.493 e. The summed E-state index contributed by atoms with van der Waals surface area (Å²) in [7, 11) is 3.11. The molecule has 0 aromatic heterocycles. The van der Waals surface area contributed by atoms with Crippen molar-refractivity contribution < 1.29 is 19.1 Å². The summed E-state index contributed by atoms with van der Waals surface area (Å²) in [6.45, 7) is 7.88. The highest BCUT2D eigenvalue weighted by atomic mass is 16.5. The Morgan fingerprint density at radius 2 is 1.44 bits per heavy atom. The van der Waals surface area contributed by atoms with E-state index in [9.17, 15) is 9.59 Å². The normalized spacial score (nSPS) is 13.5. The SMILES string of the molecule is COc1ccc(NC2=C(c3ccc(C)c(C)c3)C(=O)N(c3ccc(C)cc3C)C2=O)cc1OC. The van der Waals surface area contributed by atoms with Crippen LogP contribution in [0.25, 0.3) is 5.57 Å². The quantitative estimate of drug-likeness (QED) is 0.508. The second kappa shape index (κ2) is 9.06. The fraction of sp³-hybridized carbons (Fsp3) is 0.214. The zero-order chi connectivity index (χ0) is 24.6. The highest BCUT2D eigenvalue weighted by molar-refractivity contribution is 6.46. The van der Waals surface area contributed by atoms with E-state index in [4.69, 9.17) is 9.47 Å². The molecule has 0 spiro atoms. The molecule has 0 aliphatic carbocycles. The summed E-state index contributed by atoms with van der Waals surface area (Å²) in [5, 5.41) is 3.19. The van der Waals surface area contributed by atoms with Gasteiger partial charge in [0.1, 0.15) is 5.70 Å². The summed E-state index contributed by atoms with van der Waals surface area (Å²) in [5.74, 6) is 0.328. The van der Waals surface area contributed by atoms with Gasteiger partial charge in [0.25, 0.3) is 11.8 Å². The average molecular weight is 457 g/mol. The number of anilines is 2.